The van der Waals surface area contributed by atoms with E-state index >= 15 is 0 Å². The summed E-state index contributed by atoms with van der Waals surface area (Å²) in [4.78, 5) is 23.8. The van der Waals surface area contributed by atoms with Crippen molar-refractivity contribution in [3.8, 4) is 0 Å². The van der Waals surface area contributed by atoms with E-state index in [4.69, 9.17) is 14.2 Å². The number of hydrogen-bond acceptors (Lipinski definition) is 6. The van der Waals surface area contributed by atoms with Gasteiger partial charge in [-0.2, -0.15) is 0 Å². The molecule has 0 aliphatic heterocycles. The van der Waals surface area contributed by atoms with Gasteiger partial charge < -0.3 is 19.3 Å². The first-order chi connectivity index (χ1) is 16.5. The van der Waals surface area contributed by atoms with Crippen molar-refractivity contribution >= 4 is 11.9 Å². The Kier molecular flexibility index (Phi) is 13.3. The van der Waals surface area contributed by atoms with Gasteiger partial charge in [-0.25, -0.2) is 9.59 Å². The van der Waals surface area contributed by atoms with Crippen LogP contribution in [-0.2, 0) is 29.8 Å². The molecule has 0 fully saturated rings. The fourth-order valence-corrected chi connectivity index (χ4v) is 3.35. The predicted molar refractivity (Wildman–Crippen MR) is 140 cm³/mol. The summed E-state index contributed by atoms with van der Waals surface area (Å²) in [5.41, 5.74) is 2.64. The molecule has 0 aromatic heterocycles. The lowest BCUT2D eigenvalue weighted by atomic mass is 9.76. The minimum Gasteiger partial charge on any atom is -0.463 e. The quantitative estimate of drug-likeness (QED) is 0.167. The highest BCUT2D eigenvalue weighted by molar-refractivity contribution is 5.90. The standard InChI is InChI=1S/C29H46O6/c1-8-26(31)34-16-14-12-11-13-15-33-20-25(30)21-35-27(32)22-17-23(28(4,5)9-2)19-24(18-22)29(6,7)10-3/h8,17-19,25,30H,1,9-16,20-21H2,2-7H3. The highest BCUT2D eigenvalue weighted by atomic mass is 16.5. The molecule has 35 heavy (non-hydrogen) atoms. The topological polar surface area (TPSA) is 82.1 Å². The molecule has 0 saturated heterocycles. The van der Waals surface area contributed by atoms with Crippen molar-refractivity contribution in [2.75, 3.05) is 26.4 Å². The van der Waals surface area contributed by atoms with E-state index in [-0.39, 0.29) is 24.0 Å². The monoisotopic (exact) mass is 490 g/mol. The molecule has 1 aromatic rings. The van der Waals surface area contributed by atoms with E-state index < -0.39 is 18.0 Å². The van der Waals surface area contributed by atoms with Crippen LogP contribution in [0, 0.1) is 0 Å². The Morgan fingerprint density at radius 2 is 1.43 bits per heavy atom. The van der Waals surface area contributed by atoms with Crippen LogP contribution in [0.2, 0.25) is 0 Å². The number of esters is 2. The van der Waals surface area contributed by atoms with Gasteiger partial charge in [-0.3, -0.25) is 0 Å². The summed E-state index contributed by atoms with van der Waals surface area (Å²) in [7, 11) is 0. The number of unbranched alkanes of at least 4 members (excludes halogenated alkanes) is 3. The van der Waals surface area contributed by atoms with Crippen LogP contribution in [-0.4, -0.2) is 49.6 Å². The van der Waals surface area contributed by atoms with Gasteiger partial charge in [0.2, 0.25) is 0 Å². The van der Waals surface area contributed by atoms with E-state index in [1.807, 2.05) is 12.1 Å². The maximum Gasteiger partial charge on any atom is 0.338 e. The summed E-state index contributed by atoms with van der Waals surface area (Å²) in [5.74, 6) is -0.825. The largest absolute Gasteiger partial charge is 0.463 e. The molecule has 1 unspecified atom stereocenters. The van der Waals surface area contributed by atoms with E-state index in [2.05, 4.69) is 54.2 Å². The maximum absolute atomic E-state index is 12.8. The maximum atomic E-state index is 12.8. The number of benzene rings is 1. The number of hydrogen-bond donors (Lipinski definition) is 1. The van der Waals surface area contributed by atoms with Crippen molar-refractivity contribution in [3.63, 3.8) is 0 Å². The first-order valence-corrected chi connectivity index (χ1v) is 12.8. The lowest BCUT2D eigenvalue weighted by Gasteiger charge is -2.29. The number of ether oxygens (including phenoxy) is 3. The molecule has 6 nitrogen and oxygen atoms in total. The van der Waals surface area contributed by atoms with Gasteiger partial charge in [-0.05, 0) is 66.2 Å². The Morgan fingerprint density at radius 1 is 0.886 bits per heavy atom. The van der Waals surface area contributed by atoms with Crippen LogP contribution < -0.4 is 0 Å². The van der Waals surface area contributed by atoms with Crippen LogP contribution in [0.25, 0.3) is 0 Å². The highest BCUT2D eigenvalue weighted by Crippen LogP contribution is 2.34. The third kappa shape index (κ3) is 11.0. The first-order valence-electron chi connectivity index (χ1n) is 12.8. The molecule has 1 N–H and O–H groups in total. The molecule has 0 radical (unpaired) electrons. The molecule has 198 valence electrons. The zero-order valence-electron chi connectivity index (χ0n) is 22.7. The van der Waals surface area contributed by atoms with Gasteiger partial charge in [0.25, 0.3) is 0 Å². The lowest BCUT2D eigenvalue weighted by molar-refractivity contribution is -0.137. The van der Waals surface area contributed by atoms with Gasteiger partial charge in [-0.15, -0.1) is 0 Å². The van der Waals surface area contributed by atoms with Crippen molar-refractivity contribution < 1.29 is 28.9 Å². The van der Waals surface area contributed by atoms with Crippen LogP contribution in [0.5, 0.6) is 0 Å². The summed E-state index contributed by atoms with van der Waals surface area (Å²) in [6.07, 6.45) is 5.71. The third-order valence-electron chi connectivity index (χ3n) is 6.81. The van der Waals surface area contributed by atoms with Crippen molar-refractivity contribution in [2.24, 2.45) is 0 Å². The van der Waals surface area contributed by atoms with Gasteiger partial charge in [0.05, 0.1) is 18.8 Å². The summed E-state index contributed by atoms with van der Waals surface area (Å²) >= 11 is 0. The Labute approximate surface area is 212 Å². The fourth-order valence-electron chi connectivity index (χ4n) is 3.35. The average Bonchev–Trinajstić information content (AvgIpc) is 2.85. The molecular weight excluding hydrogens is 444 g/mol. The number of rotatable bonds is 17. The molecule has 0 spiro atoms. The van der Waals surface area contributed by atoms with E-state index in [1.54, 1.807) is 0 Å². The SMILES string of the molecule is C=CC(=O)OCCCCCCOCC(O)COC(=O)c1cc(C(C)(C)CC)cc(C(C)(C)CC)c1. The van der Waals surface area contributed by atoms with Gasteiger partial charge in [0, 0.05) is 12.7 Å². The molecule has 1 rings (SSSR count). The smallest absolute Gasteiger partial charge is 0.338 e. The Bertz CT molecular complexity index is 777. The lowest BCUT2D eigenvalue weighted by Crippen LogP contribution is -2.25. The molecular formula is C29H46O6. The van der Waals surface area contributed by atoms with Gasteiger partial charge in [0.15, 0.2) is 0 Å². The highest BCUT2D eigenvalue weighted by Gasteiger charge is 2.26. The molecule has 0 amide bonds. The van der Waals surface area contributed by atoms with Gasteiger partial charge in [-0.1, -0.05) is 60.6 Å². The molecule has 0 aliphatic carbocycles. The zero-order chi connectivity index (χ0) is 26.5. The van der Waals surface area contributed by atoms with Gasteiger partial charge in [0.1, 0.15) is 12.7 Å². The van der Waals surface area contributed by atoms with Crippen LogP contribution >= 0.6 is 0 Å². The number of carbonyl (C=O) groups is 2. The summed E-state index contributed by atoms with van der Waals surface area (Å²) in [6.45, 7) is 17.3. The van der Waals surface area contributed by atoms with Crippen LogP contribution in [0.3, 0.4) is 0 Å². The predicted octanol–water partition coefficient (Wildman–Crippen LogP) is 5.89. The van der Waals surface area contributed by atoms with Crippen molar-refractivity contribution in [1.82, 2.24) is 0 Å². The fraction of sp³-hybridized carbons (Fsp3) is 0.655. The summed E-state index contributed by atoms with van der Waals surface area (Å²) < 4.78 is 15.9. The first kappa shape index (κ1) is 30.9. The molecule has 1 aromatic carbocycles. The number of aliphatic hydroxyl groups excluding tert-OH is 1. The normalized spacial score (nSPS) is 12.8. The number of carbonyl (C=O) groups excluding carboxylic acids is 2. The van der Waals surface area contributed by atoms with E-state index in [0.29, 0.717) is 18.8 Å². The van der Waals surface area contributed by atoms with Crippen LogP contribution in [0.1, 0.15) is 102 Å². The average molecular weight is 491 g/mol. The van der Waals surface area contributed by atoms with E-state index in [1.165, 1.54) is 0 Å². The molecule has 0 saturated carbocycles. The molecule has 0 aliphatic rings. The molecule has 0 bridgehead atoms. The third-order valence-corrected chi connectivity index (χ3v) is 6.81. The molecule has 6 heteroatoms. The second kappa shape index (κ2) is 15.0. The summed E-state index contributed by atoms with van der Waals surface area (Å²) in [6, 6.07) is 6.05. The Balaban J connectivity index is 2.50. The van der Waals surface area contributed by atoms with E-state index in [0.717, 1.165) is 55.7 Å². The van der Waals surface area contributed by atoms with Crippen molar-refractivity contribution in [2.45, 2.75) is 97.0 Å². The van der Waals surface area contributed by atoms with E-state index in [9.17, 15) is 14.7 Å². The Morgan fingerprint density at radius 3 is 1.94 bits per heavy atom. The number of aliphatic hydroxyl groups is 1. The zero-order valence-corrected chi connectivity index (χ0v) is 22.7. The summed E-state index contributed by atoms with van der Waals surface area (Å²) in [5, 5.41) is 10.2. The Hall–Kier alpha value is -2.18. The van der Waals surface area contributed by atoms with Crippen LogP contribution in [0.4, 0.5) is 0 Å². The molecule has 1 atom stereocenters. The van der Waals surface area contributed by atoms with Gasteiger partial charge >= 0.3 is 11.9 Å². The second-order valence-electron chi connectivity index (χ2n) is 10.4. The minimum atomic E-state index is -0.876. The second-order valence-corrected chi connectivity index (χ2v) is 10.4. The minimum absolute atomic E-state index is 0.0573. The van der Waals surface area contributed by atoms with Crippen molar-refractivity contribution in [3.05, 3.63) is 47.5 Å². The molecule has 0 heterocycles. The van der Waals surface area contributed by atoms with Crippen molar-refractivity contribution in [1.29, 1.82) is 0 Å². The van der Waals surface area contributed by atoms with Crippen LogP contribution in [0.15, 0.2) is 30.9 Å².